The smallest absolute Gasteiger partial charge is 0.328 e. The Bertz CT molecular complexity index is 2740. The van der Waals surface area contributed by atoms with Crippen molar-refractivity contribution in [3.05, 3.63) is 65.9 Å². The van der Waals surface area contributed by atoms with Gasteiger partial charge in [-0.25, -0.2) is 4.79 Å². The van der Waals surface area contributed by atoms with Crippen molar-refractivity contribution in [2.45, 2.75) is 132 Å². The number of carboxylic acids is 2. The van der Waals surface area contributed by atoms with Crippen LogP contribution in [0, 0.1) is 0 Å². The van der Waals surface area contributed by atoms with Gasteiger partial charge in [0.05, 0.1) is 31.7 Å². The zero-order valence-corrected chi connectivity index (χ0v) is 42.9. The van der Waals surface area contributed by atoms with Gasteiger partial charge >= 0.3 is 11.9 Å². The first kappa shape index (κ1) is 62.8. The van der Waals surface area contributed by atoms with Gasteiger partial charge in [-0.3, -0.25) is 52.7 Å². The zero-order chi connectivity index (χ0) is 58.8. The maximum absolute atomic E-state index is 14.6. The number of phenols is 1. The number of rotatable bonds is 30. The highest BCUT2D eigenvalue weighted by Gasteiger charge is 2.42. The number of likely N-dealkylation sites (tertiary alicyclic amines) is 1. The maximum Gasteiger partial charge on any atom is 0.328 e. The molecule has 1 aromatic heterocycles. The van der Waals surface area contributed by atoms with Crippen LogP contribution in [0.3, 0.4) is 0 Å². The number of carbonyl (C=O) groups excluding carboxylic acids is 10. The molecule has 1 aliphatic rings. The Kier molecular flexibility index (Phi) is 23.2. The van der Waals surface area contributed by atoms with E-state index >= 15 is 0 Å². The molecule has 20 N–H and O–H groups in total. The summed E-state index contributed by atoms with van der Waals surface area (Å²) in [5.41, 5.74) is 17.8. The number of amides is 10. The number of nitrogens with one attached hydrogen (secondary N) is 8. The number of hydrogen-bond acceptors (Lipinski definition) is 17. The SMILES string of the molecule is C[C@@H](O)[C@H](NC(=O)[C@@H]1CCCN1C(=O)[C@@H](NC(=O)[C@H](CC(N)=O)NC(=O)[C@H](CCC(=O)O)NC(=O)[C@H](Cc1ccc(O)cc1)NC(=O)[C@H](Cc1c[nH]c2ccccc12)NC(=O)[C@H](CC(N)=O)NC(=O)[C@@H](N)CO)[C@@H](C)O)C(=O)O. The highest BCUT2D eigenvalue weighted by Crippen LogP contribution is 2.22. The number of aromatic hydroxyl groups is 1. The van der Waals surface area contributed by atoms with E-state index in [1.807, 2.05) is 0 Å². The highest BCUT2D eigenvalue weighted by molar-refractivity contribution is 6.00. The van der Waals surface area contributed by atoms with Crippen molar-refractivity contribution in [3.8, 4) is 5.75 Å². The number of aliphatic carboxylic acids is 2. The van der Waals surface area contributed by atoms with Crippen LogP contribution in [0.4, 0.5) is 0 Å². The first-order chi connectivity index (χ1) is 37.2. The Labute approximate surface area is 449 Å². The van der Waals surface area contributed by atoms with Gasteiger partial charge in [-0.1, -0.05) is 30.3 Å². The number of carboxylic acid groups (broad SMARTS) is 2. The van der Waals surface area contributed by atoms with Crippen LogP contribution in [0.15, 0.2) is 54.7 Å². The van der Waals surface area contributed by atoms with Crippen molar-refractivity contribution >= 4 is 81.9 Å². The number of fused-ring (bicyclic) bond motifs is 1. The number of para-hydroxylation sites is 1. The Morgan fingerprint density at radius 2 is 1.16 bits per heavy atom. The van der Waals surface area contributed by atoms with Gasteiger partial charge in [0, 0.05) is 42.9 Å². The Balaban J connectivity index is 1.66. The van der Waals surface area contributed by atoms with E-state index in [4.69, 9.17) is 17.2 Å². The Hall–Kier alpha value is -8.74. The lowest BCUT2D eigenvalue weighted by Crippen LogP contribution is -2.62. The predicted octanol–water partition coefficient (Wildman–Crippen LogP) is -6.18. The van der Waals surface area contributed by atoms with Crippen LogP contribution in [-0.4, -0.2) is 191 Å². The van der Waals surface area contributed by atoms with Crippen LogP contribution in [0.2, 0.25) is 0 Å². The van der Waals surface area contributed by atoms with E-state index in [1.165, 1.54) is 30.5 Å². The number of primary amides is 2. The fraction of sp³-hybridized carbons (Fsp3) is 0.469. The summed E-state index contributed by atoms with van der Waals surface area (Å²) in [7, 11) is 0. The quantitative estimate of drug-likeness (QED) is 0.0295. The molecule has 2 aromatic carbocycles. The van der Waals surface area contributed by atoms with Crippen LogP contribution in [-0.2, 0) is 70.4 Å². The molecule has 30 nitrogen and oxygen atoms in total. The first-order valence-corrected chi connectivity index (χ1v) is 24.7. The molecule has 2 heterocycles. The number of aliphatic hydroxyl groups excluding tert-OH is 3. The predicted molar refractivity (Wildman–Crippen MR) is 273 cm³/mol. The van der Waals surface area contributed by atoms with Gasteiger partial charge < -0.3 is 94.9 Å². The van der Waals surface area contributed by atoms with E-state index in [0.717, 1.165) is 18.7 Å². The van der Waals surface area contributed by atoms with Crippen molar-refractivity contribution in [1.29, 1.82) is 0 Å². The van der Waals surface area contributed by atoms with E-state index in [-0.39, 0.29) is 37.1 Å². The van der Waals surface area contributed by atoms with E-state index in [2.05, 4.69) is 42.2 Å². The fourth-order valence-corrected chi connectivity index (χ4v) is 8.38. The van der Waals surface area contributed by atoms with Crippen molar-refractivity contribution < 1.29 is 88.2 Å². The zero-order valence-electron chi connectivity index (χ0n) is 42.9. The van der Waals surface area contributed by atoms with Crippen LogP contribution < -0.4 is 54.4 Å². The summed E-state index contributed by atoms with van der Waals surface area (Å²) in [4.78, 5) is 163. The summed E-state index contributed by atoms with van der Waals surface area (Å²) < 4.78 is 0. The monoisotopic (exact) mass is 1110 g/mol. The van der Waals surface area contributed by atoms with E-state index in [1.54, 1.807) is 24.3 Å². The Morgan fingerprint density at radius 1 is 0.658 bits per heavy atom. The van der Waals surface area contributed by atoms with Crippen LogP contribution >= 0.6 is 0 Å². The molecule has 11 atom stereocenters. The van der Waals surface area contributed by atoms with Gasteiger partial charge in [0.15, 0.2) is 6.04 Å². The van der Waals surface area contributed by atoms with E-state index in [0.29, 0.717) is 16.5 Å². The minimum Gasteiger partial charge on any atom is -0.508 e. The maximum atomic E-state index is 14.6. The highest BCUT2D eigenvalue weighted by atomic mass is 16.4. The number of carbonyl (C=O) groups is 12. The number of phenolic OH excluding ortho intramolecular Hbond substituents is 1. The van der Waals surface area contributed by atoms with E-state index in [9.17, 15) is 88.2 Å². The number of aromatic nitrogens is 1. The standard InChI is InChI=1S/C49H66N12O18/c1-22(63)39(48(77)61-15-5-8-35(61)47(76)60-40(23(2)64)49(78)79)59-46(75)34(19-37(52)67)58-42(71)30(13-14-38(68)69)54-43(72)31(16-24-9-11-26(65)12-10-24)56-44(73)32(17-25-20-53-29-7-4-3-6-27(25)29)57-45(74)33(18-36(51)66)55-41(70)28(50)21-62/h3-4,6-7,9-12,20,22-23,28,30-35,39-40,53,62-65H,5,8,13-19,21,50H2,1-2H3,(H2,51,66)(H2,52,67)(H,54,72)(H,55,70)(H,56,73)(H,57,74)(H,58,71)(H,59,75)(H,60,76)(H,68,69)(H,78,79)/t22-,23-,28+,30+,31+,32+,33+,34+,35+,39+,40+/m1/s1. The summed E-state index contributed by atoms with van der Waals surface area (Å²) in [6.45, 7) is 1.24. The van der Waals surface area contributed by atoms with Gasteiger partial charge in [0.2, 0.25) is 59.1 Å². The second-order valence-corrected chi connectivity index (χ2v) is 18.8. The lowest BCUT2D eigenvalue weighted by atomic mass is 10.0. The first-order valence-electron chi connectivity index (χ1n) is 24.7. The number of benzene rings is 2. The summed E-state index contributed by atoms with van der Waals surface area (Å²) in [5, 5.41) is 75.8. The van der Waals surface area contributed by atoms with Crippen molar-refractivity contribution in [1.82, 2.24) is 47.1 Å². The normalized spacial score (nSPS) is 16.9. The summed E-state index contributed by atoms with van der Waals surface area (Å²) in [6.07, 6.45) is -5.53. The van der Waals surface area contributed by atoms with Crippen molar-refractivity contribution in [2.24, 2.45) is 17.2 Å². The number of aliphatic hydroxyl groups is 3. The third-order valence-electron chi connectivity index (χ3n) is 12.6. The molecule has 30 heteroatoms. The second-order valence-electron chi connectivity index (χ2n) is 18.8. The third kappa shape index (κ3) is 18.5. The van der Waals surface area contributed by atoms with Crippen LogP contribution in [0.1, 0.15) is 63.5 Å². The number of H-pyrrole nitrogens is 1. The van der Waals surface area contributed by atoms with Gasteiger partial charge in [-0.05, 0) is 62.4 Å². The average molecular weight is 1110 g/mol. The average Bonchev–Trinajstić information content (AvgIpc) is 4.07. The van der Waals surface area contributed by atoms with Crippen LogP contribution in [0.5, 0.6) is 5.75 Å². The molecule has 79 heavy (non-hydrogen) atoms. The number of hydrogen-bond donors (Lipinski definition) is 17. The molecular formula is C49H66N12O18. The fourth-order valence-electron chi connectivity index (χ4n) is 8.38. The Morgan fingerprint density at radius 3 is 1.71 bits per heavy atom. The van der Waals surface area contributed by atoms with Gasteiger partial charge in [0.1, 0.15) is 54.1 Å². The molecule has 1 saturated heterocycles. The molecule has 10 amide bonds. The third-order valence-corrected chi connectivity index (χ3v) is 12.6. The topological polar surface area (TPSA) is 508 Å². The molecule has 0 unspecified atom stereocenters. The van der Waals surface area contributed by atoms with Gasteiger partial charge in [-0.15, -0.1) is 0 Å². The molecule has 4 rings (SSSR count). The largest absolute Gasteiger partial charge is 0.508 e. The van der Waals surface area contributed by atoms with Crippen molar-refractivity contribution in [3.63, 3.8) is 0 Å². The molecule has 0 aliphatic carbocycles. The van der Waals surface area contributed by atoms with E-state index < -0.39 is 176 Å². The molecule has 0 saturated carbocycles. The molecule has 430 valence electrons. The van der Waals surface area contributed by atoms with Crippen molar-refractivity contribution in [2.75, 3.05) is 13.2 Å². The number of nitrogens with two attached hydrogens (primary N) is 3. The van der Waals surface area contributed by atoms with Gasteiger partial charge in [-0.2, -0.15) is 0 Å². The molecule has 0 bridgehead atoms. The summed E-state index contributed by atoms with van der Waals surface area (Å²) >= 11 is 0. The molecule has 0 radical (unpaired) electrons. The molecule has 3 aromatic rings. The van der Waals surface area contributed by atoms with Gasteiger partial charge in [0.25, 0.3) is 0 Å². The molecule has 0 spiro atoms. The minimum absolute atomic E-state index is 0.0119. The minimum atomic E-state index is -1.99. The van der Waals surface area contributed by atoms with Crippen LogP contribution in [0.25, 0.3) is 10.9 Å². The lowest BCUT2D eigenvalue weighted by Gasteiger charge is -2.31. The lowest BCUT2D eigenvalue weighted by molar-refractivity contribution is -0.148. The number of nitrogens with zero attached hydrogens (tertiary/aromatic N) is 1. The summed E-state index contributed by atoms with van der Waals surface area (Å²) in [6, 6.07) is -3.41. The number of aromatic amines is 1. The second kappa shape index (κ2) is 29.1. The summed E-state index contributed by atoms with van der Waals surface area (Å²) in [5.74, 6) is -14.6. The molecular weight excluding hydrogens is 1040 g/mol. The molecule has 1 fully saturated rings. The molecule has 1 aliphatic heterocycles.